The van der Waals surface area contributed by atoms with E-state index in [9.17, 15) is 4.79 Å². The Bertz CT molecular complexity index is 206. The Balaban J connectivity index is 2.21. The summed E-state index contributed by atoms with van der Waals surface area (Å²) >= 11 is 0. The summed E-state index contributed by atoms with van der Waals surface area (Å²) < 4.78 is 10.3. The topological polar surface area (TPSA) is 67.8 Å². The van der Waals surface area contributed by atoms with Crippen molar-refractivity contribution in [3.8, 4) is 0 Å². The zero-order chi connectivity index (χ0) is 11.3. The van der Waals surface area contributed by atoms with E-state index in [-0.39, 0.29) is 12.7 Å². The van der Waals surface area contributed by atoms with Crippen molar-refractivity contribution in [3.63, 3.8) is 0 Å². The summed E-state index contributed by atoms with van der Waals surface area (Å²) in [6.07, 6.45) is 2.06. The number of carboxylic acid groups (broad SMARTS) is 1. The second kappa shape index (κ2) is 6.05. The number of nitrogens with one attached hydrogen (secondary N) is 1. The van der Waals surface area contributed by atoms with E-state index in [4.69, 9.17) is 14.6 Å². The smallest absolute Gasteiger partial charge is 0.323 e. The molecular weight excluding hydrogens is 198 g/mol. The lowest BCUT2D eigenvalue weighted by atomic mass is 10.3. The molecule has 0 bridgehead atoms. The van der Waals surface area contributed by atoms with Gasteiger partial charge in [-0.2, -0.15) is 0 Å². The number of hydrogen-bond acceptors (Lipinski definition) is 4. The molecule has 1 rings (SSSR count). The van der Waals surface area contributed by atoms with E-state index < -0.39 is 12.0 Å². The van der Waals surface area contributed by atoms with E-state index in [1.165, 1.54) is 0 Å². The molecule has 0 aromatic carbocycles. The maximum atomic E-state index is 10.9. The van der Waals surface area contributed by atoms with Gasteiger partial charge in [0.25, 0.3) is 0 Å². The van der Waals surface area contributed by atoms with Gasteiger partial charge in [-0.05, 0) is 19.8 Å². The lowest BCUT2D eigenvalue weighted by Crippen LogP contribution is -2.42. The van der Waals surface area contributed by atoms with E-state index >= 15 is 0 Å². The second-order valence-electron chi connectivity index (χ2n) is 3.93. The average Bonchev–Trinajstić information content (AvgIpc) is 2.95. The van der Waals surface area contributed by atoms with Gasteiger partial charge in [-0.3, -0.25) is 10.1 Å². The van der Waals surface area contributed by atoms with Crippen LogP contribution in [-0.2, 0) is 14.3 Å². The molecule has 88 valence electrons. The number of carbonyl (C=O) groups is 1. The lowest BCUT2D eigenvalue weighted by Gasteiger charge is -2.17. The van der Waals surface area contributed by atoms with Gasteiger partial charge in [-0.15, -0.1) is 0 Å². The van der Waals surface area contributed by atoms with Crippen LogP contribution in [0.2, 0.25) is 0 Å². The highest BCUT2D eigenvalue weighted by Gasteiger charge is 2.28. The maximum Gasteiger partial charge on any atom is 0.323 e. The van der Waals surface area contributed by atoms with Gasteiger partial charge >= 0.3 is 5.97 Å². The Kier molecular flexibility index (Phi) is 5.01. The molecule has 0 saturated heterocycles. The molecule has 15 heavy (non-hydrogen) atoms. The van der Waals surface area contributed by atoms with E-state index in [0.717, 1.165) is 12.8 Å². The first-order chi connectivity index (χ1) is 7.13. The maximum absolute atomic E-state index is 10.9. The van der Waals surface area contributed by atoms with E-state index in [1.807, 2.05) is 6.92 Å². The standard InChI is InChI=1S/C10H19NO4/c1-7(5-14-2)15-6-9(10(12)13)11-8-3-4-8/h7-9,11H,3-6H2,1-2H3,(H,12,13). The van der Waals surface area contributed by atoms with Gasteiger partial charge in [0, 0.05) is 13.2 Å². The van der Waals surface area contributed by atoms with Crippen molar-refractivity contribution in [1.82, 2.24) is 5.32 Å². The zero-order valence-corrected chi connectivity index (χ0v) is 9.23. The molecule has 0 amide bonds. The monoisotopic (exact) mass is 217 g/mol. The van der Waals surface area contributed by atoms with Crippen molar-refractivity contribution >= 4 is 5.97 Å². The molecule has 2 atom stereocenters. The second-order valence-corrected chi connectivity index (χ2v) is 3.93. The van der Waals surface area contributed by atoms with E-state index in [2.05, 4.69) is 5.32 Å². The summed E-state index contributed by atoms with van der Waals surface area (Å²) in [7, 11) is 1.59. The summed E-state index contributed by atoms with van der Waals surface area (Å²) in [5, 5.41) is 11.9. The molecule has 2 N–H and O–H groups in total. The number of methoxy groups -OCH3 is 1. The highest BCUT2D eigenvalue weighted by atomic mass is 16.5. The molecule has 1 fully saturated rings. The molecule has 1 aliphatic carbocycles. The molecule has 5 nitrogen and oxygen atoms in total. The van der Waals surface area contributed by atoms with Crippen LogP contribution in [0.3, 0.4) is 0 Å². The molecule has 0 aromatic heterocycles. The van der Waals surface area contributed by atoms with Crippen LogP contribution >= 0.6 is 0 Å². The third-order valence-electron chi connectivity index (χ3n) is 2.26. The Morgan fingerprint density at radius 3 is 2.67 bits per heavy atom. The summed E-state index contributed by atoms with van der Waals surface area (Å²) in [5.74, 6) is -0.855. The van der Waals surface area contributed by atoms with Crippen LogP contribution in [-0.4, -0.2) is 49.6 Å². The molecular formula is C10H19NO4. The quantitative estimate of drug-likeness (QED) is 0.609. The van der Waals surface area contributed by atoms with Crippen LogP contribution < -0.4 is 5.32 Å². The van der Waals surface area contributed by atoms with Crippen molar-refractivity contribution < 1.29 is 19.4 Å². The molecule has 0 heterocycles. The first kappa shape index (κ1) is 12.4. The van der Waals surface area contributed by atoms with Crippen LogP contribution in [0.4, 0.5) is 0 Å². The molecule has 0 aliphatic heterocycles. The minimum absolute atomic E-state index is 0.0714. The summed E-state index contributed by atoms with van der Waals surface area (Å²) in [6, 6.07) is -0.232. The Labute approximate surface area is 89.8 Å². The van der Waals surface area contributed by atoms with Gasteiger partial charge in [0.2, 0.25) is 0 Å². The van der Waals surface area contributed by atoms with Crippen LogP contribution in [0.1, 0.15) is 19.8 Å². The van der Waals surface area contributed by atoms with Crippen molar-refractivity contribution in [3.05, 3.63) is 0 Å². The molecule has 2 unspecified atom stereocenters. The first-order valence-corrected chi connectivity index (χ1v) is 5.23. The van der Waals surface area contributed by atoms with Gasteiger partial charge in [-0.25, -0.2) is 0 Å². The highest BCUT2D eigenvalue weighted by molar-refractivity contribution is 5.73. The summed E-state index contributed by atoms with van der Waals surface area (Å²) in [5.41, 5.74) is 0. The van der Waals surface area contributed by atoms with Crippen LogP contribution in [0.15, 0.2) is 0 Å². The number of rotatable bonds is 8. The van der Waals surface area contributed by atoms with Gasteiger partial charge in [-0.1, -0.05) is 0 Å². The normalized spacial score (nSPS) is 19.9. The minimum Gasteiger partial charge on any atom is -0.480 e. The average molecular weight is 217 g/mol. The van der Waals surface area contributed by atoms with Gasteiger partial charge in [0.1, 0.15) is 6.04 Å². The van der Waals surface area contributed by atoms with E-state index in [0.29, 0.717) is 12.6 Å². The van der Waals surface area contributed by atoms with Crippen molar-refractivity contribution in [2.24, 2.45) is 0 Å². The van der Waals surface area contributed by atoms with Crippen LogP contribution in [0, 0.1) is 0 Å². The van der Waals surface area contributed by atoms with Gasteiger partial charge in [0.05, 0.1) is 19.3 Å². The predicted molar refractivity (Wildman–Crippen MR) is 54.9 cm³/mol. The fourth-order valence-electron chi connectivity index (χ4n) is 1.27. The van der Waals surface area contributed by atoms with Crippen LogP contribution in [0.25, 0.3) is 0 Å². The van der Waals surface area contributed by atoms with Crippen LogP contribution in [0.5, 0.6) is 0 Å². The molecule has 1 saturated carbocycles. The lowest BCUT2D eigenvalue weighted by molar-refractivity contribution is -0.142. The minimum atomic E-state index is -0.855. The Morgan fingerprint density at radius 2 is 2.20 bits per heavy atom. The molecule has 1 aliphatic rings. The number of ether oxygens (including phenoxy) is 2. The fraction of sp³-hybridized carbons (Fsp3) is 0.900. The number of carboxylic acids is 1. The number of aliphatic carboxylic acids is 1. The SMILES string of the molecule is COCC(C)OCC(NC1CC1)C(=O)O. The first-order valence-electron chi connectivity index (χ1n) is 5.23. The molecule has 0 radical (unpaired) electrons. The third kappa shape index (κ3) is 5.11. The van der Waals surface area contributed by atoms with E-state index in [1.54, 1.807) is 7.11 Å². The Hall–Kier alpha value is -0.650. The van der Waals surface area contributed by atoms with Gasteiger partial charge < -0.3 is 14.6 Å². The third-order valence-corrected chi connectivity index (χ3v) is 2.26. The van der Waals surface area contributed by atoms with Crippen molar-refractivity contribution in [1.29, 1.82) is 0 Å². The number of hydrogen-bond donors (Lipinski definition) is 2. The Morgan fingerprint density at radius 1 is 1.53 bits per heavy atom. The zero-order valence-electron chi connectivity index (χ0n) is 9.23. The summed E-state index contributed by atoms with van der Waals surface area (Å²) in [6.45, 7) is 2.53. The largest absolute Gasteiger partial charge is 0.480 e. The summed E-state index contributed by atoms with van der Waals surface area (Å²) in [4.78, 5) is 10.9. The van der Waals surface area contributed by atoms with Crippen molar-refractivity contribution in [2.45, 2.75) is 38.0 Å². The molecule has 0 spiro atoms. The molecule has 5 heteroatoms. The van der Waals surface area contributed by atoms with Crippen molar-refractivity contribution in [2.75, 3.05) is 20.3 Å². The molecule has 0 aromatic rings. The highest BCUT2D eigenvalue weighted by Crippen LogP contribution is 2.19. The fourth-order valence-corrected chi connectivity index (χ4v) is 1.27. The van der Waals surface area contributed by atoms with Gasteiger partial charge in [0.15, 0.2) is 0 Å². The predicted octanol–water partition coefficient (Wildman–Crippen LogP) is 0.243.